The van der Waals surface area contributed by atoms with Crippen LogP contribution < -0.4 is 10.6 Å². The van der Waals surface area contributed by atoms with E-state index in [1.54, 1.807) is 41.5 Å². The standard InChI is InChI=1S/C18H33N3O5.C2H2O4/c1-17(2,3)25-14(22)12-21-11-10-19-13(15(21)23)8-7-9-20-16(24)26-18(4,5)6;3-1(4)2(5)6/h13,19H,7-12H2,1-6H3,(H,20,24);(H,3,4)(H,5,6)/t13-;/m0./s1. The molecular formula is C20H35N3O9. The largest absolute Gasteiger partial charge is 0.473 e. The molecule has 1 heterocycles. The molecule has 1 aliphatic rings. The van der Waals surface area contributed by atoms with Crippen LogP contribution in [0.15, 0.2) is 0 Å². The predicted octanol–water partition coefficient (Wildman–Crippen LogP) is 0.589. The summed E-state index contributed by atoms with van der Waals surface area (Å²) in [5.74, 6) is -4.16. The van der Waals surface area contributed by atoms with E-state index in [0.717, 1.165) is 0 Å². The lowest BCUT2D eigenvalue weighted by atomic mass is 10.1. The van der Waals surface area contributed by atoms with E-state index in [9.17, 15) is 14.4 Å². The molecule has 0 aromatic rings. The highest BCUT2D eigenvalue weighted by molar-refractivity contribution is 6.27. The maximum atomic E-state index is 12.5. The summed E-state index contributed by atoms with van der Waals surface area (Å²) in [4.78, 5) is 55.7. The number of nitrogens with zero attached hydrogens (tertiary/aromatic N) is 1. The number of piperazine rings is 1. The Hall–Kier alpha value is -2.89. The number of carbonyl (C=O) groups excluding carboxylic acids is 3. The molecule has 1 rings (SSSR count). The third-order valence-corrected chi connectivity index (χ3v) is 3.64. The number of rotatable bonds is 6. The average Bonchev–Trinajstić information content (AvgIpc) is 2.59. The Bertz CT molecular complexity index is 669. The number of hydrogen-bond acceptors (Lipinski definition) is 8. The second kappa shape index (κ2) is 12.8. The Balaban J connectivity index is 0.00000140. The molecule has 12 nitrogen and oxygen atoms in total. The van der Waals surface area contributed by atoms with Gasteiger partial charge in [-0.15, -0.1) is 0 Å². The van der Waals surface area contributed by atoms with Crippen LogP contribution >= 0.6 is 0 Å². The molecule has 0 saturated carbocycles. The van der Waals surface area contributed by atoms with E-state index in [1.807, 2.05) is 0 Å². The molecule has 184 valence electrons. The third-order valence-electron chi connectivity index (χ3n) is 3.64. The molecule has 1 fully saturated rings. The molecule has 4 N–H and O–H groups in total. The number of ether oxygens (including phenoxy) is 2. The maximum absolute atomic E-state index is 12.5. The van der Waals surface area contributed by atoms with Crippen molar-refractivity contribution in [2.75, 3.05) is 26.2 Å². The van der Waals surface area contributed by atoms with Crippen molar-refractivity contribution in [1.29, 1.82) is 0 Å². The maximum Gasteiger partial charge on any atom is 0.414 e. The van der Waals surface area contributed by atoms with E-state index < -0.39 is 35.2 Å². The Morgan fingerprint density at radius 2 is 1.56 bits per heavy atom. The number of amides is 2. The van der Waals surface area contributed by atoms with Crippen molar-refractivity contribution >= 4 is 29.9 Å². The first-order valence-corrected chi connectivity index (χ1v) is 10.2. The number of carbonyl (C=O) groups is 5. The Labute approximate surface area is 187 Å². The molecule has 1 aliphatic heterocycles. The molecule has 0 bridgehead atoms. The van der Waals surface area contributed by atoms with Gasteiger partial charge in [0.2, 0.25) is 5.91 Å². The highest BCUT2D eigenvalue weighted by Gasteiger charge is 2.30. The summed E-state index contributed by atoms with van der Waals surface area (Å²) < 4.78 is 10.4. The van der Waals surface area contributed by atoms with Crippen molar-refractivity contribution in [3.63, 3.8) is 0 Å². The van der Waals surface area contributed by atoms with E-state index in [1.165, 1.54) is 4.90 Å². The summed E-state index contributed by atoms with van der Waals surface area (Å²) in [6.45, 7) is 12.3. The zero-order valence-corrected chi connectivity index (χ0v) is 19.5. The van der Waals surface area contributed by atoms with Gasteiger partial charge in [-0.1, -0.05) is 0 Å². The van der Waals surface area contributed by atoms with Crippen LogP contribution in [0.25, 0.3) is 0 Å². The highest BCUT2D eigenvalue weighted by Crippen LogP contribution is 2.11. The van der Waals surface area contributed by atoms with Gasteiger partial charge in [-0.05, 0) is 54.4 Å². The molecule has 0 unspecified atom stereocenters. The molecule has 0 aromatic heterocycles. The van der Waals surface area contributed by atoms with E-state index >= 15 is 0 Å². The molecule has 32 heavy (non-hydrogen) atoms. The van der Waals surface area contributed by atoms with Crippen LogP contribution in [0.1, 0.15) is 54.4 Å². The Morgan fingerprint density at radius 3 is 2.03 bits per heavy atom. The molecule has 0 aromatic carbocycles. The van der Waals surface area contributed by atoms with Gasteiger partial charge >= 0.3 is 24.0 Å². The fraction of sp³-hybridized carbons (Fsp3) is 0.750. The Kier molecular flexibility index (Phi) is 11.7. The smallest absolute Gasteiger partial charge is 0.414 e. The minimum absolute atomic E-state index is 0.0373. The van der Waals surface area contributed by atoms with Gasteiger partial charge in [0.1, 0.15) is 17.7 Å². The van der Waals surface area contributed by atoms with Gasteiger partial charge in [0.25, 0.3) is 0 Å². The molecule has 0 radical (unpaired) electrons. The first-order chi connectivity index (χ1) is 14.5. The van der Waals surface area contributed by atoms with Crippen molar-refractivity contribution in [2.45, 2.75) is 71.6 Å². The van der Waals surface area contributed by atoms with Gasteiger partial charge in [-0.2, -0.15) is 0 Å². The van der Waals surface area contributed by atoms with Crippen LogP contribution in [-0.2, 0) is 28.7 Å². The van der Waals surface area contributed by atoms with Crippen molar-refractivity contribution in [1.82, 2.24) is 15.5 Å². The van der Waals surface area contributed by atoms with Crippen molar-refractivity contribution < 1.29 is 43.7 Å². The van der Waals surface area contributed by atoms with Crippen LogP contribution in [0.2, 0.25) is 0 Å². The van der Waals surface area contributed by atoms with Crippen LogP contribution in [-0.4, -0.2) is 88.4 Å². The number of alkyl carbamates (subject to hydrolysis) is 1. The van der Waals surface area contributed by atoms with Gasteiger partial charge in [0.05, 0.1) is 6.04 Å². The number of esters is 1. The topological polar surface area (TPSA) is 172 Å². The van der Waals surface area contributed by atoms with Crippen molar-refractivity contribution in [3.8, 4) is 0 Å². The lowest BCUT2D eigenvalue weighted by Gasteiger charge is -2.33. The summed E-state index contributed by atoms with van der Waals surface area (Å²) >= 11 is 0. The first-order valence-electron chi connectivity index (χ1n) is 10.2. The predicted molar refractivity (Wildman–Crippen MR) is 113 cm³/mol. The van der Waals surface area contributed by atoms with Gasteiger partial charge in [0, 0.05) is 19.6 Å². The lowest BCUT2D eigenvalue weighted by molar-refractivity contribution is -0.160. The first kappa shape index (κ1) is 29.1. The zero-order chi connectivity index (χ0) is 25.1. The van der Waals surface area contributed by atoms with Crippen LogP contribution in [0.3, 0.4) is 0 Å². The normalized spacial score (nSPS) is 16.4. The lowest BCUT2D eigenvalue weighted by Crippen LogP contribution is -2.56. The van der Waals surface area contributed by atoms with E-state index in [4.69, 9.17) is 29.3 Å². The fourth-order valence-electron chi connectivity index (χ4n) is 2.51. The summed E-state index contributed by atoms with van der Waals surface area (Å²) in [6, 6.07) is -0.355. The van der Waals surface area contributed by atoms with Gasteiger partial charge < -0.3 is 35.2 Å². The molecule has 0 aliphatic carbocycles. The summed E-state index contributed by atoms with van der Waals surface area (Å²) in [5.41, 5.74) is -1.10. The van der Waals surface area contributed by atoms with Crippen LogP contribution in [0.4, 0.5) is 4.79 Å². The average molecular weight is 462 g/mol. The fourth-order valence-corrected chi connectivity index (χ4v) is 2.51. The second-order valence-corrected chi connectivity index (χ2v) is 9.03. The summed E-state index contributed by atoms with van der Waals surface area (Å²) in [6.07, 6.45) is 0.731. The highest BCUT2D eigenvalue weighted by atomic mass is 16.6. The van der Waals surface area contributed by atoms with E-state index in [0.29, 0.717) is 32.5 Å². The van der Waals surface area contributed by atoms with E-state index in [2.05, 4.69) is 10.6 Å². The third kappa shape index (κ3) is 14.2. The molecule has 0 spiro atoms. The minimum Gasteiger partial charge on any atom is -0.473 e. The van der Waals surface area contributed by atoms with Crippen molar-refractivity contribution in [2.24, 2.45) is 0 Å². The van der Waals surface area contributed by atoms with Crippen LogP contribution in [0.5, 0.6) is 0 Å². The zero-order valence-electron chi connectivity index (χ0n) is 19.5. The molecule has 1 saturated heterocycles. The monoisotopic (exact) mass is 461 g/mol. The Morgan fingerprint density at radius 1 is 1.03 bits per heavy atom. The van der Waals surface area contributed by atoms with Gasteiger partial charge in [0.15, 0.2) is 0 Å². The second-order valence-electron chi connectivity index (χ2n) is 9.03. The molecule has 2 amide bonds. The van der Waals surface area contributed by atoms with Gasteiger partial charge in [-0.25, -0.2) is 14.4 Å². The number of nitrogens with one attached hydrogen (secondary N) is 2. The number of carboxylic acids is 2. The quantitative estimate of drug-likeness (QED) is 0.249. The molecule has 12 heteroatoms. The van der Waals surface area contributed by atoms with Crippen LogP contribution in [0, 0.1) is 0 Å². The minimum atomic E-state index is -1.82. The number of aliphatic carboxylic acids is 2. The SMILES string of the molecule is CC(C)(C)OC(=O)CN1CCN[C@@H](CCCNC(=O)OC(C)(C)C)C1=O.O=C(O)C(=O)O. The number of carboxylic acid groups (broad SMARTS) is 2. The van der Waals surface area contributed by atoms with Gasteiger partial charge in [-0.3, -0.25) is 9.59 Å². The summed E-state index contributed by atoms with van der Waals surface area (Å²) in [7, 11) is 0. The molecule has 1 atom stereocenters. The number of hydrogen-bond donors (Lipinski definition) is 4. The van der Waals surface area contributed by atoms with E-state index in [-0.39, 0.29) is 18.5 Å². The molecular weight excluding hydrogens is 426 g/mol. The summed E-state index contributed by atoms with van der Waals surface area (Å²) in [5, 5.41) is 20.6. The van der Waals surface area contributed by atoms with Crippen molar-refractivity contribution in [3.05, 3.63) is 0 Å².